The topological polar surface area (TPSA) is 62.7 Å². The largest absolute Gasteiger partial charge is 0.314 e. The van der Waals surface area contributed by atoms with Gasteiger partial charge in [0, 0.05) is 29.1 Å². The fourth-order valence-corrected chi connectivity index (χ4v) is 3.82. The summed E-state index contributed by atoms with van der Waals surface area (Å²) < 4.78 is 2.00. The first-order chi connectivity index (χ1) is 12.1. The number of fused-ring (bicyclic) bond motifs is 3. The molecule has 25 heavy (non-hydrogen) atoms. The van der Waals surface area contributed by atoms with Crippen LogP contribution in [0.4, 0.5) is 0 Å². The van der Waals surface area contributed by atoms with Crippen molar-refractivity contribution in [1.29, 1.82) is 0 Å². The van der Waals surface area contributed by atoms with Crippen LogP contribution in [0.1, 0.15) is 49.9 Å². The molecule has 2 aliphatic rings. The lowest BCUT2D eigenvalue weighted by Crippen LogP contribution is -2.25. The molecule has 0 saturated carbocycles. The predicted octanol–water partition coefficient (Wildman–Crippen LogP) is 2.94. The second kappa shape index (κ2) is 6.64. The maximum atomic E-state index is 12.6. The summed E-state index contributed by atoms with van der Waals surface area (Å²) in [5.41, 5.74) is 5.38. The van der Waals surface area contributed by atoms with E-state index in [0.717, 1.165) is 62.1 Å². The van der Waals surface area contributed by atoms with Crippen LogP contribution in [-0.4, -0.2) is 27.4 Å². The Hall–Kier alpha value is -2.14. The molecule has 0 fully saturated rings. The Labute approximate surface area is 147 Å². The maximum Gasteiger partial charge on any atom is 0.253 e. The van der Waals surface area contributed by atoms with E-state index in [1.54, 1.807) is 0 Å². The number of H-pyrrole nitrogens is 1. The van der Waals surface area contributed by atoms with Crippen molar-refractivity contribution in [3.05, 3.63) is 45.4 Å². The second-order valence-electron chi connectivity index (χ2n) is 7.36. The van der Waals surface area contributed by atoms with Crippen LogP contribution in [0.3, 0.4) is 0 Å². The zero-order valence-electron chi connectivity index (χ0n) is 15.1. The maximum absolute atomic E-state index is 12.6. The molecule has 0 amide bonds. The SMILES string of the molecule is CC(C)NCCCn1nc(C2=CC=C2)c2c3c(c(=O)[nH]c21)CCCC3. The Balaban J connectivity index is 1.76. The average molecular weight is 338 g/mol. The molecule has 132 valence electrons. The lowest BCUT2D eigenvalue weighted by atomic mass is 9.89. The van der Waals surface area contributed by atoms with Crippen LogP contribution >= 0.6 is 0 Å². The van der Waals surface area contributed by atoms with Gasteiger partial charge in [-0.2, -0.15) is 5.10 Å². The summed E-state index contributed by atoms with van der Waals surface area (Å²) in [4.78, 5) is 15.7. The number of aromatic amines is 1. The summed E-state index contributed by atoms with van der Waals surface area (Å²) in [6, 6.07) is 0.488. The number of nitrogens with zero attached hydrogens (tertiary/aromatic N) is 2. The first-order valence-electron chi connectivity index (χ1n) is 9.42. The number of aryl methyl sites for hydroxylation is 2. The molecule has 0 spiro atoms. The summed E-state index contributed by atoms with van der Waals surface area (Å²) in [6.07, 6.45) is 11.4. The fourth-order valence-electron chi connectivity index (χ4n) is 3.82. The predicted molar refractivity (Wildman–Crippen MR) is 102 cm³/mol. The molecular formula is C20H26N4O. The molecule has 5 nitrogen and oxygen atoms in total. The average Bonchev–Trinajstić information content (AvgIpc) is 2.88. The molecule has 0 bridgehead atoms. The monoisotopic (exact) mass is 338 g/mol. The Kier molecular flexibility index (Phi) is 4.34. The van der Waals surface area contributed by atoms with Gasteiger partial charge in [-0.3, -0.25) is 4.79 Å². The van der Waals surface area contributed by atoms with Gasteiger partial charge < -0.3 is 10.3 Å². The molecule has 4 rings (SSSR count). The molecule has 5 heteroatoms. The quantitative estimate of drug-likeness (QED) is 0.796. The summed E-state index contributed by atoms with van der Waals surface area (Å²) in [6.45, 7) is 6.06. The van der Waals surface area contributed by atoms with Crippen molar-refractivity contribution < 1.29 is 0 Å². The molecule has 0 aliphatic heterocycles. The summed E-state index contributed by atoms with van der Waals surface area (Å²) >= 11 is 0. The molecule has 2 aliphatic carbocycles. The third-order valence-corrected chi connectivity index (χ3v) is 5.15. The van der Waals surface area contributed by atoms with Gasteiger partial charge in [0.2, 0.25) is 0 Å². The van der Waals surface area contributed by atoms with Gasteiger partial charge >= 0.3 is 0 Å². The molecule has 2 N–H and O–H groups in total. The number of aromatic nitrogens is 3. The van der Waals surface area contributed by atoms with E-state index in [9.17, 15) is 4.79 Å². The van der Waals surface area contributed by atoms with Crippen LogP contribution in [0.5, 0.6) is 0 Å². The normalized spacial score (nSPS) is 16.2. The Bertz CT molecular complexity index is 914. The van der Waals surface area contributed by atoms with Crippen molar-refractivity contribution in [2.75, 3.05) is 6.54 Å². The van der Waals surface area contributed by atoms with Gasteiger partial charge in [0.1, 0.15) is 11.3 Å². The summed E-state index contributed by atoms with van der Waals surface area (Å²) in [5.74, 6) is 0. The van der Waals surface area contributed by atoms with Crippen LogP contribution in [0.15, 0.2) is 23.0 Å². The van der Waals surface area contributed by atoms with E-state index in [4.69, 9.17) is 5.10 Å². The third kappa shape index (κ3) is 2.97. The Morgan fingerprint density at radius 2 is 2.04 bits per heavy atom. The molecule has 0 radical (unpaired) electrons. The molecule has 0 aromatic carbocycles. The van der Waals surface area contributed by atoms with Crippen molar-refractivity contribution >= 4 is 16.6 Å². The molecule has 0 atom stereocenters. The number of hydrogen-bond acceptors (Lipinski definition) is 3. The van der Waals surface area contributed by atoms with Gasteiger partial charge in [-0.15, -0.1) is 0 Å². The minimum absolute atomic E-state index is 0.0772. The first kappa shape index (κ1) is 16.3. The number of hydrogen-bond donors (Lipinski definition) is 2. The van der Waals surface area contributed by atoms with Crippen molar-refractivity contribution in [3.63, 3.8) is 0 Å². The summed E-state index contributed by atoms with van der Waals surface area (Å²) in [7, 11) is 0. The lowest BCUT2D eigenvalue weighted by Gasteiger charge is -2.16. The Morgan fingerprint density at radius 1 is 1.28 bits per heavy atom. The smallest absolute Gasteiger partial charge is 0.253 e. The summed E-state index contributed by atoms with van der Waals surface area (Å²) in [5, 5.41) is 9.49. The van der Waals surface area contributed by atoms with E-state index in [1.807, 2.05) is 10.8 Å². The zero-order chi connectivity index (χ0) is 17.4. The van der Waals surface area contributed by atoms with Gasteiger partial charge in [-0.25, -0.2) is 4.68 Å². The molecule has 0 unspecified atom stereocenters. The van der Waals surface area contributed by atoms with Crippen molar-refractivity contribution in [1.82, 2.24) is 20.1 Å². The van der Waals surface area contributed by atoms with Crippen LogP contribution in [0.25, 0.3) is 16.6 Å². The van der Waals surface area contributed by atoms with Gasteiger partial charge in [0.25, 0.3) is 5.56 Å². The number of nitrogens with one attached hydrogen (secondary N) is 2. The van der Waals surface area contributed by atoms with E-state index in [0.29, 0.717) is 6.04 Å². The van der Waals surface area contributed by atoms with E-state index < -0.39 is 0 Å². The van der Waals surface area contributed by atoms with Crippen molar-refractivity contribution in [2.24, 2.45) is 0 Å². The van der Waals surface area contributed by atoms with Crippen LogP contribution in [-0.2, 0) is 19.4 Å². The van der Waals surface area contributed by atoms with Crippen molar-refractivity contribution in [3.8, 4) is 0 Å². The Morgan fingerprint density at radius 3 is 2.72 bits per heavy atom. The van der Waals surface area contributed by atoms with Crippen LogP contribution in [0.2, 0.25) is 0 Å². The minimum atomic E-state index is 0.0772. The highest BCUT2D eigenvalue weighted by atomic mass is 16.1. The highest BCUT2D eigenvalue weighted by Gasteiger charge is 2.24. The highest BCUT2D eigenvalue weighted by molar-refractivity contribution is 5.96. The highest BCUT2D eigenvalue weighted by Crippen LogP contribution is 2.33. The zero-order valence-corrected chi connectivity index (χ0v) is 15.1. The molecule has 2 heterocycles. The van der Waals surface area contributed by atoms with Gasteiger partial charge in [0.15, 0.2) is 0 Å². The van der Waals surface area contributed by atoms with E-state index in [-0.39, 0.29) is 5.56 Å². The number of rotatable bonds is 6. The number of allylic oxidation sites excluding steroid dienone is 4. The molecule has 2 aromatic heterocycles. The fraction of sp³-hybridized carbons (Fsp3) is 0.500. The first-order valence-corrected chi connectivity index (χ1v) is 9.42. The molecule has 0 saturated heterocycles. The van der Waals surface area contributed by atoms with Crippen LogP contribution < -0.4 is 10.9 Å². The minimum Gasteiger partial charge on any atom is -0.314 e. The van der Waals surface area contributed by atoms with Gasteiger partial charge in [-0.05, 0) is 44.2 Å². The third-order valence-electron chi connectivity index (χ3n) is 5.15. The van der Waals surface area contributed by atoms with E-state index >= 15 is 0 Å². The van der Waals surface area contributed by atoms with E-state index in [1.165, 1.54) is 16.5 Å². The van der Waals surface area contributed by atoms with Crippen LogP contribution in [0, 0.1) is 0 Å². The number of pyridine rings is 1. The van der Waals surface area contributed by atoms with Gasteiger partial charge in [-0.1, -0.05) is 32.1 Å². The molecular weight excluding hydrogens is 312 g/mol. The molecule has 2 aromatic rings. The lowest BCUT2D eigenvalue weighted by molar-refractivity contribution is 0.518. The standard InChI is InChI=1S/C20H26N4O/c1-13(2)21-11-6-12-24-19-17(18(23-24)14-7-5-8-14)15-9-3-4-10-16(15)20(25)22-19/h5,7-8,13,21H,3-4,6,9-12H2,1-2H3,(H,22,25). The van der Waals surface area contributed by atoms with Gasteiger partial charge in [0.05, 0.1) is 0 Å². The van der Waals surface area contributed by atoms with E-state index in [2.05, 4.69) is 36.3 Å². The van der Waals surface area contributed by atoms with Crippen molar-refractivity contribution in [2.45, 2.75) is 58.5 Å². The second-order valence-corrected chi connectivity index (χ2v) is 7.36.